The van der Waals surface area contributed by atoms with Gasteiger partial charge < -0.3 is 11.1 Å². The van der Waals surface area contributed by atoms with Crippen molar-refractivity contribution in [2.24, 2.45) is 5.73 Å². The number of nitrogens with one attached hydrogen (secondary N) is 1. The van der Waals surface area contributed by atoms with E-state index in [0.717, 1.165) is 4.68 Å². The number of rotatable bonds is 5. The number of benzene rings is 1. The molecule has 1 aliphatic heterocycles. The van der Waals surface area contributed by atoms with Crippen molar-refractivity contribution in [1.82, 2.24) is 14.7 Å². The van der Waals surface area contributed by atoms with E-state index in [2.05, 4.69) is 5.32 Å². The van der Waals surface area contributed by atoms with Gasteiger partial charge in [0.1, 0.15) is 6.54 Å². The lowest BCUT2D eigenvalue weighted by Crippen LogP contribution is -2.44. The minimum Gasteiger partial charge on any atom is -0.370 e. The summed E-state index contributed by atoms with van der Waals surface area (Å²) in [6.07, 6.45) is 0.429. The number of aromatic nitrogens is 2. The third-order valence-electron chi connectivity index (χ3n) is 4.91. The molecular weight excluding hydrogens is 364 g/mol. The zero-order valence-electron chi connectivity index (χ0n) is 15.4. The molecule has 3 N–H and O–H groups in total. The van der Waals surface area contributed by atoms with Gasteiger partial charge in [0, 0.05) is 13.0 Å². The Morgan fingerprint density at radius 2 is 1.68 bits per heavy atom. The Hall–Kier alpha value is -3.23. The van der Waals surface area contributed by atoms with E-state index in [9.17, 15) is 24.0 Å². The number of hydrogen-bond donors (Lipinski definition) is 2. The molecular formula is C19H21N4O5. The third-order valence-corrected chi connectivity index (χ3v) is 4.91. The first-order valence-corrected chi connectivity index (χ1v) is 8.96. The molecule has 3 rings (SSSR count). The number of Topliss-reactive ketones (excluding diaryl/α,β-unsaturated/α-hetero) is 1. The number of fused-ring (bicyclic) bond motifs is 2. The molecule has 28 heavy (non-hydrogen) atoms. The predicted molar refractivity (Wildman–Crippen MR) is 101 cm³/mol. The number of nitrogens with two attached hydrogens (primary N) is 1. The smallest absolute Gasteiger partial charge is 0.273 e. The van der Waals surface area contributed by atoms with Gasteiger partial charge in [-0.3, -0.25) is 24.0 Å². The topological polar surface area (TPSA) is 133 Å². The number of primary amides is 1. The highest BCUT2D eigenvalue weighted by Crippen LogP contribution is 2.12. The van der Waals surface area contributed by atoms with E-state index in [1.54, 1.807) is 31.2 Å². The second-order valence-electron chi connectivity index (χ2n) is 6.86. The molecule has 0 saturated carbocycles. The first kappa shape index (κ1) is 19.5. The number of carbonyl (C=O) groups excluding carboxylic acids is 3. The quantitative estimate of drug-likeness (QED) is 0.714. The number of carbonyl (C=O) groups is 3. The summed E-state index contributed by atoms with van der Waals surface area (Å²) in [5.41, 5.74) is 4.32. The highest BCUT2D eigenvalue weighted by atomic mass is 16.2. The van der Waals surface area contributed by atoms with Gasteiger partial charge in [0.05, 0.1) is 22.7 Å². The van der Waals surface area contributed by atoms with Crippen LogP contribution < -0.4 is 22.2 Å². The summed E-state index contributed by atoms with van der Waals surface area (Å²) in [5.74, 6) is -0.943. The SMILES string of the molecule is C[C](CCC(N)=O)C(=O)N[C@H]1CCn2c(=O)c3ccccc3c(=O)n2CC1=O. The largest absolute Gasteiger partial charge is 0.370 e. The molecule has 9 nitrogen and oxygen atoms in total. The Labute approximate surface area is 160 Å². The predicted octanol–water partition coefficient (Wildman–Crippen LogP) is -0.519. The van der Waals surface area contributed by atoms with E-state index in [1.807, 2.05) is 0 Å². The van der Waals surface area contributed by atoms with Crippen molar-refractivity contribution in [2.45, 2.75) is 45.3 Å². The van der Waals surface area contributed by atoms with Crippen LogP contribution >= 0.6 is 0 Å². The molecule has 0 aliphatic carbocycles. The van der Waals surface area contributed by atoms with Gasteiger partial charge in [-0.2, -0.15) is 0 Å². The van der Waals surface area contributed by atoms with E-state index in [-0.39, 0.29) is 49.1 Å². The van der Waals surface area contributed by atoms with E-state index in [1.165, 1.54) is 4.68 Å². The van der Waals surface area contributed by atoms with Crippen LogP contribution in [0.4, 0.5) is 0 Å². The molecule has 1 aromatic heterocycles. The lowest BCUT2D eigenvalue weighted by atomic mass is 10.0. The molecule has 0 fully saturated rings. The summed E-state index contributed by atoms with van der Waals surface area (Å²) in [6.45, 7) is 1.38. The maximum Gasteiger partial charge on any atom is 0.273 e. The summed E-state index contributed by atoms with van der Waals surface area (Å²) in [4.78, 5) is 61.2. The molecule has 0 unspecified atom stereocenters. The van der Waals surface area contributed by atoms with E-state index < -0.39 is 23.4 Å². The normalized spacial score (nSPS) is 16.6. The van der Waals surface area contributed by atoms with Crippen molar-refractivity contribution in [3.05, 3.63) is 50.9 Å². The highest BCUT2D eigenvalue weighted by Gasteiger charge is 2.28. The number of nitrogens with zero attached hydrogens (tertiary/aromatic N) is 2. The fraction of sp³-hybridized carbons (Fsp3) is 0.368. The van der Waals surface area contributed by atoms with Crippen LogP contribution in [0.3, 0.4) is 0 Å². The third kappa shape index (κ3) is 3.73. The molecule has 0 bridgehead atoms. The van der Waals surface area contributed by atoms with Gasteiger partial charge >= 0.3 is 0 Å². The van der Waals surface area contributed by atoms with Gasteiger partial charge in [0.15, 0.2) is 5.78 Å². The molecule has 1 aliphatic rings. The van der Waals surface area contributed by atoms with Gasteiger partial charge in [-0.05, 0) is 31.9 Å². The highest BCUT2D eigenvalue weighted by molar-refractivity contribution is 5.95. The fourth-order valence-corrected chi connectivity index (χ4v) is 3.26. The number of hydrogen-bond acceptors (Lipinski definition) is 5. The van der Waals surface area contributed by atoms with Crippen molar-refractivity contribution >= 4 is 28.4 Å². The van der Waals surface area contributed by atoms with E-state index in [0.29, 0.717) is 11.3 Å². The van der Waals surface area contributed by atoms with Gasteiger partial charge in [0.2, 0.25) is 11.8 Å². The monoisotopic (exact) mass is 385 g/mol. The van der Waals surface area contributed by atoms with Crippen LogP contribution in [0.2, 0.25) is 0 Å². The van der Waals surface area contributed by atoms with Crippen molar-refractivity contribution < 1.29 is 14.4 Å². The molecule has 1 atom stereocenters. The lowest BCUT2D eigenvalue weighted by Gasteiger charge is -2.17. The average Bonchev–Trinajstić information content (AvgIpc) is 2.83. The lowest BCUT2D eigenvalue weighted by molar-refractivity contribution is -0.127. The number of amides is 2. The first-order chi connectivity index (χ1) is 13.3. The summed E-state index contributed by atoms with van der Waals surface area (Å²) in [7, 11) is 0. The van der Waals surface area contributed by atoms with Crippen LogP contribution in [0.1, 0.15) is 26.2 Å². The van der Waals surface area contributed by atoms with Crippen LogP contribution in [0.25, 0.3) is 10.8 Å². The molecule has 2 aromatic rings. The number of ketones is 1. The second-order valence-corrected chi connectivity index (χ2v) is 6.86. The molecule has 1 aromatic carbocycles. The maximum atomic E-state index is 12.7. The van der Waals surface area contributed by atoms with Crippen molar-refractivity contribution in [1.29, 1.82) is 0 Å². The van der Waals surface area contributed by atoms with Gasteiger partial charge in [-0.25, -0.2) is 9.36 Å². The molecule has 147 valence electrons. The first-order valence-electron chi connectivity index (χ1n) is 8.96. The van der Waals surface area contributed by atoms with Crippen LogP contribution in [-0.2, 0) is 27.5 Å². The maximum absolute atomic E-state index is 12.7. The minimum absolute atomic E-state index is 0.0423. The van der Waals surface area contributed by atoms with Crippen molar-refractivity contribution in [3.8, 4) is 0 Å². The van der Waals surface area contributed by atoms with Crippen molar-refractivity contribution in [2.75, 3.05) is 0 Å². The zero-order chi connectivity index (χ0) is 20.4. The average molecular weight is 385 g/mol. The minimum atomic E-state index is -0.828. The Kier molecular flexibility index (Phi) is 5.43. The molecule has 1 radical (unpaired) electrons. The zero-order valence-corrected chi connectivity index (χ0v) is 15.4. The van der Waals surface area contributed by atoms with Crippen LogP contribution in [0.15, 0.2) is 33.9 Å². The van der Waals surface area contributed by atoms with Crippen LogP contribution in [0.5, 0.6) is 0 Å². The Bertz CT molecular complexity index is 1070. The summed E-state index contributed by atoms with van der Waals surface area (Å²) < 4.78 is 2.40. The van der Waals surface area contributed by atoms with Gasteiger partial charge in [-0.1, -0.05) is 12.1 Å². The van der Waals surface area contributed by atoms with Crippen LogP contribution in [0, 0.1) is 5.92 Å². The molecule has 2 heterocycles. The molecule has 9 heteroatoms. The van der Waals surface area contributed by atoms with E-state index in [4.69, 9.17) is 5.73 Å². The molecule has 0 saturated heterocycles. The second kappa shape index (κ2) is 7.79. The van der Waals surface area contributed by atoms with Crippen molar-refractivity contribution in [3.63, 3.8) is 0 Å². The Morgan fingerprint density at radius 1 is 1.07 bits per heavy atom. The summed E-state index contributed by atoms with van der Waals surface area (Å²) in [5, 5.41) is 3.20. The van der Waals surface area contributed by atoms with Gasteiger partial charge in [-0.15, -0.1) is 0 Å². The van der Waals surface area contributed by atoms with Crippen LogP contribution in [-0.4, -0.2) is 33.0 Å². The Balaban J connectivity index is 1.84. The fourth-order valence-electron chi connectivity index (χ4n) is 3.26. The van der Waals surface area contributed by atoms with E-state index >= 15 is 0 Å². The summed E-state index contributed by atoms with van der Waals surface area (Å²) >= 11 is 0. The van der Waals surface area contributed by atoms with Gasteiger partial charge in [0.25, 0.3) is 11.1 Å². The molecule has 2 amide bonds. The molecule has 0 spiro atoms. The summed E-state index contributed by atoms with van der Waals surface area (Å²) in [6, 6.07) is 5.64. The Morgan fingerprint density at radius 3 is 2.29 bits per heavy atom. The standard InChI is InChI=1S/C19H21N4O5/c1-11(6-7-16(20)25)17(26)21-14-8-9-22-18(27)12-4-2-3-5-13(12)19(28)23(22)10-15(14)24/h2-5,14H,6-10H2,1H3,(H2,20,25)(H,21,26)/t14-/m0/s1.